The lowest BCUT2D eigenvalue weighted by atomic mass is 10.4. The normalized spacial score (nSPS) is 25.1. The second-order valence-corrected chi connectivity index (χ2v) is 4.21. The fourth-order valence-electron chi connectivity index (χ4n) is 0.635. The lowest BCUT2D eigenvalue weighted by Gasteiger charge is -2.02. The highest BCUT2D eigenvalue weighted by Gasteiger charge is 2.05. The van der Waals surface area contributed by atoms with Gasteiger partial charge in [0.05, 0.1) is 0 Å². The summed E-state index contributed by atoms with van der Waals surface area (Å²) in [5, 5.41) is 0. The fourth-order valence-corrected chi connectivity index (χ4v) is 2.90. The molecule has 1 heterocycles. The minimum absolute atomic E-state index is 0.451. The third-order valence-corrected chi connectivity index (χ3v) is 3.61. The molecule has 0 aromatic rings. The summed E-state index contributed by atoms with van der Waals surface area (Å²) in [6.07, 6.45) is 0. The zero-order chi connectivity index (χ0) is 5.82. The Morgan fingerprint density at radius 2 is 1.62 bits per heavy atom. The summed E-state index contributed by atoms with van der Waals surface area (Å²) < 4.78 is 0. The highest BCUT2D eigenvalue weighted by atomic mass is 32.2. The quantitative estimate of drug-likeness (QED) is 0.551. The molecule has 3 heteroatoms. The van der Waals surface area contributed by atoms with Crippen LogP contribution in [0, 0.1) is 0 Å². The number of hydrogen-bond acceptors (Lipinski definition) is 3. The first-order chi connectivity index (χ1) is 3.89. The third-order valence-electron chi connectivity index (χ3n) is 1.04. The molecule has 8 heavy (non-hydrogen) atoms. The van der Waals surface area contributed by atoms with Gasteiger partial charge in [0, 0.05) is 29.1 Å². The second-order valence-electron chi connectivity index (χ2n) is 1.91. The van der Waals surface area contributed by atoms with Gasteiger partial charge in [0.2, 0.25) is 0 Å². The Labute approximate surface area is 58.8 Å². The Hall–Kier alpha value is 0.660. The van der Waals surface area contributed by atoms with Crippen LogP contribution in [0.1, 0.15) is 0 Å². The molecule has 1 aliphatic rings. The van der Waals surface area contributed by atoms with Crippen LogP contribution in [0.5, 0.6) is 0 Å². The lowest BCUT2D eigenvalue weighted by Crippen LogP contribution is -2.24. The van der Waals surface area contributed by atoms with Crippen molar-refractivity contribution in [2.75, 3.05) is 23.0 Å². The summed E-state index contributed by atoms with van der Waals surface area (Å²) in [4.78, 5) is 0. The SMILES string of the molecule is NC1CSCCSC1. The average molecular weight is 149 g/mol. The Morgan fingerprint density at radius 1 is 1.12 bits per heavy atom. The van der Waals surface area contributed by atoms with Crippen LogP contribution in [-0.4, -0.2) is 29.1 Å². The van der Waals surface area contributed by atoms with Crippen molar-refractivity contribution in [3.05, 3.63) is 0 Å². The van der Waals surface area contributed by atoms with E-state index in [1.54, 1.807) is 0 Å². The predicted molar refractivity (Wildman–Crippen MR) is 42.6 cm³/mol. The maximum absolute atomic E-state index is 5.69. The summed E-state index contributed by atoms with van der Waals surface area (Å²) in [7, 11) is 0. The van der Waals surface area contributed by atoms with Crippen LogP contribution in [0.15, 0.2) is 0 Å². The first-order valence-corrected chi connectivity index (χ1v) is 5.11. The summed E-state index contributed by atoms with van der Waals surface area (Å²) in [6.45, 7) is 0. The van der Waals surface area contributed by atoms with Crippen LogP contribution in [0.4, 0.5) is 0 Å². The van der Waals surface area contributed by atoms with Gasteiger partial charge < -0.3 is 5.73 Å². The largest absolute Gasteiger partial charge is 0.326 e. The minimum atomic E-state index is 0.451. The Morgan fingerprint density at radius 3 is 2.12 bits per heavy atom. The molecule has 1 aliphatic heterocycles. The van der Waals surface area contributed by atoms with E-state index in [0.717, 1.165) is 11.5 Å². The molecular formula is C5H11NS2. The highest BCUT2D eigenvalue weighted by molar-refractivity contribution is 8.03. The van der Waals surface area contributed by atoms with E-state index in [1.807, 2.05) is 23.5 Å². The number of hydrogen-bond donors (Lipinski definition) is 1. The van der Waals surface area contributed by atoms with Gasteiger partial charge in [-0.1, -0.05) is 0 Å². The lowest BCUT2D eigenvalue weighted by molar-refractivity contribution is 0.864. The van der Waals surface area contributed by atoms with E-state index in [0.29, 0.717) is 6.04 Å². The van der Waals surface area contributed by atoms with Gasteiger partial charge in [-0.05, 0) is 0 Å². The molecule has 0 radical (unpaired) electrons. The molecule has 0 saturated carbocycles. The molecule has 0 aromatic carbocycles. The van der Waals surface area contributed by atoms with Crippen molar-refractivity contribution in [3.8, 4) is 0 Å². The second kappa shape index (κ2) is 3.64. The summed E-state index contributed by atoms with van der Waals surface area (Å²) in [5.41, 5.74) is 5.69. The Kier molecular flexibility index (Phi) is 3.08. The molecule has 0 amide bonds. The summed E-state index contributed by atoms with van der Waals surface area (Å²) in [5.74, 6) is 4.90. The van der Waals surface area contributed by atoms with Gasteiger partial charge in [0.1, 0.15) is 0 Å². The van der Waals surface area contributed by atoms with E-state index in [-0.39, 0.29) is 0 Å². The van der Waals surface area contributed by atoms with Crippen molar-refractivity contribution < 1.29 is 0 Å². The zero-order valence-electron chi connectivity index (χ0n) is 4.80. The number of thioether (sulfide) groups is 2. The summed E-state index contributed by atoms with van der Waals surface area (Å²) in [6, 6.07) is 0.451. The van der Waals surface area contributed by atoms with Crippen molar-refractivity contribution in [3.63, 3.8) is 0 Å². The molecule has 48 valence electrons. The predicted octanol–water partition coefficient (Wildman–Crippen LogP) is 0.794. The molecule has 0 aliphatic carbocycles. The first kappa shape index (κ1) is 6.78. The molecule has 1 fully saturated rings. The molecule has 0 spiro atoms. The van der Waals surface area contributed by atoms with Crippen LogP contribution in [0.25, 0.3) is 0 Å². The van der Waals surface area contributed by atoms with Crippen molar-refractivity contribution >= 4 is 23.5 Å². The van der Waals surface area contributed by atoms with Gasteiger partial charge >= 0.3 is 0 Å². The standard InChI is InChI=1S/C5H11NS2/c6-5-3-7-1-2-8-4-5/h5H,1-4,6H2. The highest BCUT2D eigenvalue weighted by Crippen LogP contribution is 2.14. The maximum Gasteiger partial charge on any atom is 0.0222 e. The van der Waals surface area contributed by atoms with Gasteiger partial charge in [-0.2, -0.15) is 23.5 Å². The van der Waals surface area contributed by atoms with Crippen molar-refractivity contribution in [1.29, 1.82) is 0 Å². The van der Waals surface area contributed by atoms with E-state index in [2.05, 4.69) is 0 Å². The fraction of sp³-hybridized carbons (Fsp3) is 1.00. The van der Waals surface area contributed by atoms with Gasteiger partial charge in [-0.3, -0.25) is 0 Å². The Bertz CT molecular complexity index is 59.4. The number of nitrogens with two attached hydrogens (primary N) is 1. The molecular weight excluding hydrogens is 138 g/mol. The van der Waals surface area contributed by atoms with Crippen LogP contribution in [0.3, 0.4) is 0 Å². The zero-order valence-corrected chi connectivity index (χ0v) is 6.43. The van der Waals surface area contributed by atoms with Gasteiger partial charge in [-0.25, -0.2) is 0 Å². The molecule has 2 N–H and O–H groups in total. The topological polar surface area (TPSA) is 26.0 Å². The molecule has 1 rings (SSSR count). The number of rotatable bonds is 0. The molecule has 0 aromatic heterocycles. The van der Waals surface area contributed by atoms with Crippen molar-refractivity contribution in [2.45, 2.75) is 6.04 Å². The molecule has 1 saturated heterocycles. The average Bonchev–Trinajstić information content (AvgIpc) is 1.94. The smallest absolute Gasteiger partial charge is 0.0222 e. The van der Waals surface area contributed by atoms with Gasteiger partial charge in [0.25, 0.3) is 0 Å². The monoisotopic (exact) mass is 149 g/mol. The third kappa shape index (κ3) is 2.29. The van der Waals surface area contributed by atoms with E-state index < -0.39 is 0 Å². The maximum atomic E-state index is 5.69. The van der Waals surface area contributed by atoms with Crippen LogP contribution in [-0.2, 0) is 0 Å². The molecule has 0 atom stereocenters. The van der Waals surface area contributed by atoms with Gasteiger partial charge in [-0.15, -0.1) is 0 Å². The van der Waals surface area contributed by atoms with E-state index in [9.17, 15) is 0 Å². The summed E-state index contributed by atoms with van der Waals surface area (Å²) >= 11 is 3.96. The first-order valence-electron chi connectivity index (χ1n) is 2.80. The van der Waals surface area contributed by atoms with Crippen molar-refractivity contribution in [2.24, 2.45) is 5.73 Å². The minimum Gasteiger partial charge on any atom is -0.326 e. The van der Waals surface area contributed by atoms with Crippen LogP contribution >= 0.6 is 23.5 Å². The molecule has 1 nitrogen and oxygen atoms in total. The van der Waals surface area contributed by atoms with E-state index in [4.69, 9.17) is 5.73 Å². The van der Waals surface area contributed by atoms with E-state index in [1.165, 1.54) is 11.5 Å². The molecule has 0 unspecified atom stereocenters. The van der Waals surface area contributed by atoms with Crippen LogP contribution < -0.4 is 5.73 Å². The Balaban J connectivity index is 2.17. The van der Waals surface area contributed by atoms with Gasteiger partial charge in [0.15, 0.2) is 0 Å². The molecule has 0 bridgehead atoms. The van der Waals surface area contributed by atoms with Crippen molar-refractivity contribution in [1.82, 2.24) is 0 Å². The van der Waals surface area contributed by atoms with E-state index >= 15 is 0 Å². The van der Waals surface area contributed by atoms with Crippen LogP contribution in [0.2, 0.25) is 0 Å².